The van der Waals surface area contributed by atoms with Gasteiger partial charge in [0.05, 0.1) is 18.2 Å². The van der Waals surface area contributed by atoms with E-state index >= 15 is 0 Å². The standard InChI is InChI=1S/C25H23NO2/c1-16-6-12-24-21(13-16)23(26-22-14-17(2)5-7-18(22)3)15-25(28-24)19-8-10-20(27-4)11-9-19/h5-15H,1-4H3. The van der Waals surface area contributed by atoms with Crippen LogP contribution >= 0.6 is 0 Å². The highest BCUT2D eigenvalue weighted by molar-refractivity contribution is 5.79. The molecule has 0 N–H and O–H groups in total. The minimum absolute atomic E-state index is 0.781. The molecule has 0 radical (unpaired) electrons. The topological polar surface area (TPSA) is 34.7 Å². The van der Waals surface area contributed by atoms with E-state index in [4.69, 9.17) is 14.1 Å². The number of nitrogens with zero attached hydrogens (tertiary/aromatic N) is 1. The average Bonchev–Trinajstić information content (AvgIpc) is 2.71. The summed E-state index contributed by atoms with van der Waals surface area (Å²) in [5, 5.41) is 1.92. The van der Waals surface area contributed by atoms with Crippen LogP contribution in [-0.4, -0.2) is 7.11 Å². The molecule has 3 heteroatoms. The first kappa shape index (κ1) is 18.1. The predicted molar refractivity (Wildman–Crippen MR) is 114 cm³/mol. The lowest BCUT2D eigenvalue weighted by Crippen LogP contribution is -2.04. The van der Waals surface area contributed by atoms with Gasteiger partial charge in [-0.25, -0.2) is 4.99 Å². The fraction of sp³-hybridized carbons (Fsp3) is 0.160. The molecule has 0 spiro atoms. The molecule has 0 aliphatic carbocycles. The van der Waals surface area contributed by atoms with Crippen LogP contribution in [0, 0.1) is 20.8 Å². The van der Waals surface area contributed by atoms with Gasteiger partial charge < -0.3 is 9.15 Å². The molecule has 0 amide bonds. The van der Waals surface area contributed by atoms with Crippen LogP contribution in [0.2, 0.25) is 0 Å². The molecule has 4 aromatic rings. The number of ether oxygens (including phenoxy) is 1. The molecular formula is C25H23NO2. The zero-order valence-corrected chi connectivity index (χ0v) is 16.6. The van der Waals surface area contributed by atoms with Crippen molar-refractivity contribution >= 4 is 16.7 Å². The maximum absolute atomic E-state index is 6.21. The molecule has 3 nitrogen and oxygen atoms in total. The zero-order chi connectivity index (χ0) is 19.7. The van der Waals surface area contributed by atoms with Gasteiger partial charge in [0.25, 0.3) is 0 Å². The normalized spacial score (nSPS) is 11.8. The Morgan fingerprint density at radius 1 is 0.786 bits per heavy atom. The van der Waals surface area contributed by atoms with Crippen molar-refractivity contribution in [2.75, 3.05) is 7.11 Å². The summed E-state index contributed by atoms with van der Waals surface area (Å²) in [6, 6.07) is 22.4. The van der Waals surface area contributed by atoms with Gasteiger partial charge in [-0.2, -0.15) is 0 Å². The summed E-state index contributed by atoms with van der Waals surface area (Å²) in [5.74, 6) is 1.60. The van der Waals surface area contributed by atoms with E-state index in [-0.39, 0.29) is 0 Å². The molecule has 0 bridgehead atoms. The second-order valence-electron chi connectivity index (χ2n) is 7.13. The van der Waals surface area contributed by atoms with E-state index in [0.717, 1.165) is 44.7 Å². The quantitative estimate of drug-likeness (QED) is 0.427. The first-order chi connectivity index (χ1) is 13.5. The zero-order valence-electron chi connectivity index (χ0n) is 16.6. The predicted octanol–water partition coefficient (Wildman–Crippen LogP) is 6.27. The van der Waals surface area contributed by atoms with E-state index < -0.39 is 0 Å². The molecule has 1 aromatic heterocycles. The van der Waals surface area contributed by atoms with Gasteiger partial charge in [-0.1, -0.05) is 23.8 Å². The SMILES string of the molecule is COc1ccc(-c2cc(=Nc3cc(C)ccc3C)c3cc(C)ccc3o2)cc1. The number of fused-ring (bicyclic) bond motifs is 1. The molecule has 1 heterocycles. The number of hydrogen-bond acceptors (Lipinski definition) is 3. The summed E-state index contributed by atoms with van der Waals surface area (Å²) in [4.78, 5) is 5.01. The van der Waals surface area contributed by atoms with Crippen molar-refractivity contribution in [2.24, 2.45) is 4.99 Å². The van der Waals surface area contributed by atoms with Crippen molar-refractivity contribution < 1.29 is 9.15 Å². The minimum atomic E-state index is 0.781. The molecule has 3 aromatic carbocycles. The third kappa shape index (κ3) is 3.56. The van der Waals surface area contributed by atoms with Crippen LogP contribution < -0.4 is 10.1 Å². The first-order valence-electron chi connectivity index (χ1n) is 9.34. The van der Waals surface area contributed by atoms with Crippen molar-refractivity contribution in [1.29, 1.82) is 0 Å². The first-order valence-corrected chi connectivity index (χ1v) is 9.34. The molecule has 0 saturated heterocycles. The second-order valence-corrected chi connectivity index (χ2v) is 7.13. The van der Waals surface area contributed by atoms with Crippen LogP contribution in [0.15, 0.2) is 76.1 Å². The smallest absolute Gasteiger partial charge is 0.136 e. The largest absolute Gasteiger partial charge is 0.497 e. The molecule has 0 saturated carbocycles. The van der Waals surface area contributed by atoms with E-state index in [1.54, 1.807) is 7.11 Å². The summed E-state index contributed by atoms with van der Waals surface area (Å²) >= 11 is 0. The lowest BCUT2D eigenvalue weighted by molar-refractivity contribution is 0.415. The maximum Gasteiger partial charge on any atom is 0.136 e. The van der Waals surface area contributed by atoms with E-state index in [1.165, 1.54) is 11.1 Å². The molecule has 140 valence electrons. The van der Waals surface area contributed by atoms with Gasteiger partial charge in [0, 0.05) is 17.0 Å². The van der Waals surface area contributed by atoms with Crippen LogP contribution in [0.1, 0.15) is 16.7 Å². The molecule has 0 fully saturated rings. The molecule has 4 rings (SSSR count). The Balaban J connectivity index is 1.98. The Kier molecular flexibility index (Phi) is 4.74. The van der Waals surface area contributed by atoms with Crippen LogP contribution in [0.25, 0.3) is 22.3 Å². The van der Waals surface area contributed by atoms with E-state index in [0.29, 0.717) is 0 Å². The molecular weight excluding hydrogens is 346 g/mol. The number of rotatable bonds is 3. The van der Waals surface area contributed by atoms with Gasteiger partial charge in [-0.05, 0) is 74.4 Å². The number of aryl methyl sites for hydroxylation is 3. The molecule has 0 atom stereocenters. The monoisotopic (exact) mass is 369 g/mol. The maximum atomic E-state index is 6.21. The van der Waals surface area contributed by atoms with Crippen molar-refractivity contribution in [3.63, 3.8) is 0 Å². The van der Waals surface area contributed by atoms with Gasteiger partial charge in [-0.15, -0.1) is 0 Å². The van der Waals surface area contributed by atoms with Crippen LogP contribution in [0.3, 0.4) is 0 Å². The van der Waals surface area contributed by atoms with Gasteiger partial charge in [0.2, 0.25) is 0 Å². The Morgan fingerprint density at radius 2 is 1.50 bits per heavy atom. The fourth-order valence-electron chi connectivity index (χ4n) is 3.24. The highest BCUT2D eigenvalue weighted by atomic mass is 16.5. The van der Waals surface area contributed by atoms with Crippen LogP contribution in [0.4, 0.5) is 5.69 Å². The third-order valence-corrected chi connectivity index (χ3v) is 4.88. The van der Waals surface area contributed by atoms with Crippen molar-refractivity contribution in [1.82, 2.24) is 0 Å². The Labute approximate surface area is 165 Å². The van der Waals surface area contributed by atoms with Gasteiger partial charge in [0.15, 0.2) is 0 Å². The lowest BCUT2D eigenvalue weighted by Gasteiger charge is -2.08. The summed E-state index contributed by atoms with van der Waals surface area (Å²) in [6.45, 7) is 6.26. The van der Waals surface area contributed by atoms with Crippen molar-refractivity contribution in [2.45, 2.75) is 20.8 Å². The van der Waals surface area contributed by atoms with E-state index in [1.807, 2.05) is 36.4 Å². The lowest BCUT2D eigenvalue weighted by atomic mass is 10.1. The van der Waals surface area contributed by atoms with E-state index in [9.17, 15) is 0 Å². The number of methoxy groups -OCH3 is 1. The fourth-order valence-corrected chi connectivity index (χ4v) is 3.24. The summed E-state index contributed by atoms with van der Waals surface area (Å²) < 4.78 is 11.5. The second kappa shape index (κ2) is 7.35. The Morgan fingerprint density at radius 3 is 2.25 bits per heavy atom. The Hall–Kier alpha value is -3.33. The molecule has 0 aliphatic heterocycles. The van der Waals surface area contributed by atoms with Crippen molar-refractivity contribution in [3.05, 3.63) is 88.8 Å². The summed E-state index contributed by atoms with van der Waals surface area (Å²) in [6.07, 6.45) is 0. The molecule has 0 aliphatic rings. The number of benzene rings is 3. The van der Waals surface area contributed by atoms with Crippen molar-refractivity contribution in [3.8, 4) is 17.1 Å². The van der Waals surface area contributed by atoms with E-state index in [2.05, 4.69) is 51.1 Å². The third-order valence-electron chi connectivity index (χ3n) is 4.88. The van der Waals surface area contributed by atoms with Crippen LogP contribution in [-0.2, 0) is 0 Å². The summed E-state index contributed by atoms with van der Waals surface area (Å²) in [5.41, 5.74) is 6.31. The average molecular weight is 369 g/mol. The molecule has 0 unspecified atom stereocenters. The summed E-state index contributed by atoms with van der Waals surface area (Å²) in [7, 11) is 1.67. The highest BCUT2D eigenvalue weighted by Crippen LogP contribution is 2.26. The van der Waals surface area contributed by atoms with Crippen LogP contribution in [0.5, 0.6) is 5.75 Å². The number of hydrogen-bond donors (Lipinski definition) is 0. The molecule has 28 heavy (non-hydrogen) atoms. The van der Waals surface area contributed by atoms with Gasteiger partial charge >= 0.3 is 0 Å². The van der Waals surface area contributed by atoms with Gasteiger partial charge in [0.1, 0.15) is 17.1 Å². The highest BCUT2D eigenvalue weighted by Gasteiger charge is 2.08. The Bertz CT molecular complexity index is 1220. The minimum Gasteiger partial charge on any atom is -0.497 e. The van der Waals surface area contributed by atoms with Gasteiger partial charge in [-0.3, -0.25) is 0 Å².